The minimum absolute atomic E-state index is 0.126. The van der Waals surface area contributed by atoms with Crippen LogP contribution < -0.4 is 0 Å². The van der Waals surface area contributed by atoms with Gasteiger partial charge in [0.25, 0.3) is 0 Å². The molecule has 0 aliphatic heterocycles. The summed E-state index contributed by atoms with van der Waals surface area (Å²) in [7, 11) is 0. The van der Waals surface area contributed by atoms with Gasteiger partial charge in [0, 0.05) is 0 Å². The van der Waals surface area contributed by atoms with Gasteiger partial charge in [-0.25, -0.2) is 0 Å². The van der Waals surface area contributed by atoms with Crippen LogP contribution in [0.5, 0.6) is 0 Å². The van der Waals surface area contributed by atoms with Crippen molar-refractivity contribution in [1.29, 1.82) is 0 Å². The Morgan fingerprint density at radius 3 is 2.67 bits per heavy atom. The second-order valence-corrected chi connectivity index (χ2v) is 3.73. The van der Waals surface area contributed by atoms with E-state index in [2.05, 4.69) is 0 Å². The highest BCUT2D eigenvalue weighted by Gasteiger charge is 2.07. The van der Waals surface area contributed by atoms with Crippen molar-refractivity contribution < 1.29 is 15.0 Å². The number of carboxylic acids is 1. The van der Waals surface area contributed by atoms with Crippen LogP contribution in [0.1, 0.15) is 25.7 Å². The van der Waals surface area contributed by atoms with Crippen LogP contribution in [0.15, 0.2) is 0 Å². The number of unbranched alkanes of at least 4 members (excludes halogenated alkanes) is 1. The molecule has 72 valence electrons. The van der Waals surface area contributed by atoms with Crippen LogP contribution in [0.2, 0.25) is 0 Å². The Morgan fingerprint density at radius 1 is 1.50 bits per heavy atom. The third kappa shape index (κ3) is 7.88. The van der Waals surface area contributed by atoms with Crippen molar-refractivity contribution >= 4 is 17.7 Å². The normalized spacial score (nSPS) is 12.8. The van der Waals surface area contributed by atoms with Gasteiger partial charge >= 0.3 is 5.97 Å². The molecule has 0 aliphatic carbocycles. The molecule has 0 aromatic heterocycles. The average molecular weight is 192 g/mol. The van der Waals surface area contributed by atoms with Crippen LogP contribution in [0, 0.1) is 0 Å². The molecule has 3 nitrogen and oxygen atoms in total. The summed E-state index contributed by atoms with van der Waals surface area (Å²) >= 11 is 1.77. The van der Waals surface area contributed by atoms with Crippen molar-refractivity contribution in [3.05, 3.63) is 0 Å². The van der Waals surface area contributed by atoms with Crippen LogP contribution in [-0.2, 0) is 4.79 Å². The molecular weight excluding hydrogens is 176 g/mol. The molecule has 4 heteroatoms. The number of rotatable bonds is 7. The molecule has 0 aliphatic rings. The van der Waals surface area contributed by atoms with Crippen molar-refractivity contribution in [2.75, 3.05) is 12.0 Å². The summed E-state index contributed by atoms with van der Waals surface area (Å²) in [5.74, 6) is 0.159. The molecular formula is C8H16O3S. The first kappa shape index (κ1) is 11.8. The molecule has 0 bridgehead atoms. The third-order valence-electron chi connectivity index (χ3n) is 1.55. The largest absolute Gasteiger partial charge is 0.481 e. The third-order valence-corrected chi connectivity index (χ3v) is 2.24. The summed E-state index contributed by atoms with van der Waals surface area (Å²) in [6, 6.07) is 0. The number of carbonyl (C=O) groups is 1. The summed E-state index contributed by atoms with van der Waals surface area (Å²) in [5, 5.41) is 17.5. The van der Waals surface area contributed by atoms with E-state index in [4.69, 9.17) is 10.2 Å². The number of hydrogen-bond donors (Lipinski definition) is 2. The lowest BCUT2D eigenvalue weighted by Crippen LogP contribution is -2.12. The zero-order valence-corrected chi connectivity index (χ0v) is 8.14. The molecule has 0 saturated heterocycles. The summed E-state index contributed by atoms with van der Waals surface area (Å²) < 4.78 is 0. The fourth-order valence-corrected chi connectivity index (χ4v) is 1.42. The maximum Gasteiger partial charge on any atom is 0.305 e. The standard InChI is InChI=1S/C8H16O3S/c1-12-5-3-2-4-7(9)6-8(10)11/h7,9H,2-6H2,1H3,(H,10,11). The van der Waals surface area contributed by atoms with E-state index < -0.39 is 12.1 Å². The fourth-order valence-electron chi connectivity index (χ4n) is 0.930. The van der Waals surface area contributed by atoms with Crippen LogP contribution in [0.3, 0.4) is 0 Å². The molecule has 0 saturated carbocycles. The number of carboxylic acid groups (broad SMARTS) is 1. The zero-order chi connectivity index (χ0) is 9.40. The van der Waals surface area contributed by atoms with Crippen molar-refractivity contribution in [3.8, 4) is 0 Å². The molecule has 2 N–H and O–H groups in total. The minimum Gasteiger partial charge on any atom is -0.481 e. The van der Waals surface area contributed by atoms with E-state index in [1.54, 1.807) is 11.8 Å². The van der Waals surface area contributed by atoms with Gasteiger partial charge in [-0.05, 0) is 24.9 Å². The van der Waals surface area contributed by atoms with Gasteiger partial charge in [0.15, 0.2) is 0 Å². The molecule has 12 heavy (non-hydrogen) atoms. The lowest BCUT2D eigenvalue weighted by atomic mass is 10.1. The molecule has 1 atom stereocenters. The Morgan fingerprint density at radius 2 is 2.17 bits per heavy atom. The van der Waals surface area contributed by atoms with E-state index in [-0.39, 0.29) is 6.42 Å². The molecule has 0 aromatic carbocycles. The van der Waals surface area contributed by atoms with E-state index >= 15 is 0 Å². The highest BCUT2D eigenvalue weighted by molar-refractivity contribution is 7.98. The molecule has 0 amide bonds. The number of hydrogen-bond acceptors (Lipinski definition) is 3. The zero-order valence-electron chi connectivity index (χ0n) is 7.32. The first-order chi connectivity index (χ1) is 5.66. The van der Waals surface area contributed by atoms with Gasteiger partial charge < -0.3 is 10.2 Å². The Bertz CT molecular complexity index is 127. The quantitative estimate of drug-likeness (QED) is 0.598. The van der Waals surface area contributed by atoms with Gasteiger partial charge in [-0.15, -0.1) is 0 Å². The molecule has 0 fully saturated rings. The maximum absolute atomic E-state index is 10.1. The van der Waals surface area contributed by atoms with Gasteiger partial charge in [0.1, 0.15) is 0 Å². The van der Waals surface area contributed by atoms with Crippen molar-refractivity contribution in [1.82, 2.24) is 0 Å². The lowest BCUT2D eigenvalue weighted by Gasteiger charge is -2.06. The number of thioether (sulfide) groups is 1. The molecule has 0 aromatic rings. The average Bonchev–Trinajstić information content (AvgIpc) is 1.97. The molecule has 0 rings (SSSR count). The van der Waals surface area contributed by atoms with Crippen molar-refractivity contribution in [2.45, 2.75) is 31.8 Å². The van der Waals surface area contributed by atoms with Crippen LogP contribution in [0.25, 0.3) is 0 Å². The Hall–Kier alpha value is -0.220. The van der Waals surface area contributed by atoms with E-state index in [9.17, 15) is 4.79 Å². The topological polar surface area (TPSA) is 57.5 Å². The van der Waals surface area contributed by atoms with Gasteiger partial charge in [-0.3, -0.25) is 4.79 Å². The maximum atomic E-state index is 10.1. The van der Waals surface area contributed by atoms with Gasteiger partial charge in [-0.2, -0.15) is 11.8 Å². The smallest absolute Gasteiger partial charge is 0.305 e. The molecule has 1 unspecified atom stereocenters. The first-order valence-corrected chi connectivity index (χ1v) is 5.45. The van der Waals surface area contributed by atoms with E-state index in [0.29, 0.717) is 6.42 Å². The molecule has 0 radical (unpaired) electrons. The van der Waals surface area contributed by atoms with E-state index in [1.807, 2.05) is 6.26 Å². The van der Waals surface area contributed by atoms with E-state index in [1.165, 1.54) is 0 Å². The van der Waals surface area contributed by atoms with Crippen LogP contribution >= 0.6 is 11.8 Å². The number of aliphatic hydroxyl groups excluding tert-OH is 1. The number of aliphatic hydroxyl groups is 1. The van der Waals surface area contributed by atoms with Crippen LogP contribution in [0.4, 0.5) is 0 Å². The summed E-state index contributed by atoms with van der Waals surface area (Å²) in [5.41, 5.74) is 0. The van der Waals surface area contributed by atoms with E-state index in [0.717, 1.165) is 18.6 Å². The highest BCUT2D eigenvalue weighted by atomic mass is 32.2. The monoisotopic (exact) mass is 192 g/mol. The highest BCUT2D eigenvalue weighted by Crippen LogP contribution is 2.07. The Kier molecular flexibility index (Phi) is 7.29. The van der Waals surface area contributed by atoms with Crippen LogP contribution in [-0.4, -0.2) is 34.3 Å². The Balaban J connectivity index is 3.19. The summed E-state index contributed by atoms with van der Waals surface area (Å²) in [4.78, 5) is 10.1. The van der Waals surface area contributed by atoms with Gasteiger partial charge in [-0.1, -0.05) is 6.42 Å². The van der Waals surface area contributed by atoms with Gasteiger partial charge in [0.05, 0.1) is 12.5 Å². The SMILES string of the molecule is CSCCCCC(O)CC(=O)O. The van der Waals surface area contributed by atoms with Crippen molar-refractivity contribution in [2.24, 2.45) is 0 Å². The predicted octanol–water partition coefficient (Wildman–Crippen LogP) is 1.36. The lowest BCUT2D eigenvalue weighted by molar-refractivity contribution is -0.139. The summed E-state index contributed by atoms with van der Waals surface area (Å²) in [6.07, 6.45) is 3.82. The first-order valence-electron chi connectivity index (χ1n) is 4.05. The predicted molar refractivity (Wildman–Crippen MR) is 50.5 cm³/mol. The second-order valence-electron chi connectivity index (χ2n) is 2.74. The van der Waals surface area contributed by atoms with Crippen molar-refractivity contribution in [3.63, 3.8) is 0 Å². The second kappa shape index (κ2) is 7.43. The molecule has 0 heterocycles. The molecule has 0 spiro atoms. The van der Waals surface area contributed by atoms with Gasteiger partial charge in [0.2, 0.25) is 0 Å². The minimum atomic E-state index is -0.924. The number of aliphatic carboxylic acids is 1. The summed E-state index contributed by atoms with van der Waals surface area (Å²) in [6.45, 7) is 0. The Labute approximate surface area is 77.2 Å². The fraction of sp³-hybridized carbons (Fsp3) is 0.875.